The third-order valence-corrected chi connectivity index (χ3v) is 6.29. The Morgan fingerprint density at radius 3 is 2.90 bits per heavy atom. The Bertz CT molecular complexity index is 837. The highest BCUT2D eigenvalue weighted by Gasteiger charge is 2.27. The summed E-state index contributed by atoms with van der Waals surface area (Å²) in [4.78, 5) is 23.1. The molecule has 2 aliphatic rings. The maximum atomic E-state index is 12.9. The van der Waals surface area contributed by atoms with Gasteiger partial charge in [0.2, 0.25) is 5.91 Å². The fourth-order valence-corrected chi connectivity index (χ4v) is 4.69. The highest BCUT2D eigenvalue weighted by molar-refractivity contribution is 5.76. The van der Waals surface area contributed by atoms with Gasteiger partial charge in [-0.1, -0.05) is 25.3 Å². The van der Waals surface area contributed by atoms with Crippen LogP contribution < -0.4 is 4.74 Å². The van der Waals surface area contributed by atoms with E-state index in [1.165, 1.54) is 37.7 Å². The number of hydrogen-bond acceptors (Lipinski definition) is 5. The average Bonchev–Trinajstić information content (AvgIpc) is 3.02. The van der Waals surface area contributed by atoms with Crippen molar-refractivity contribution in [2.75, 3.05) is 20.3 Å². The topological polar surface area (TPSA) is 64.5 Å². The lowest BCUT2D eigenvalue weighted by molar-refractivity contribution is -0.131. The molecular weight excluding hydrogens is 378 g/mol. The first-order chi connectivity index (χ1) is 14.7. The van der Waals surface area contributed by atoms with E-state index in [0.717, 1.165) is 17.0 Å². The summed E-state index contributed by atoms with van der Waals surface area (Å²) in [6, 6.07) is 6.37. The van der Waals surface area contributed by atoms with E-state index in [4.69, 9.17) is 9.47 Å². The van der Waals surface area contributed by atoms with Gasteiger partial charge in [0.05, 0.1) is 18.3 Å². The lowest BCUT2D eigenvalue weighted by Gasteiger charge is -2.30. The normalized spacial score (nSPS) is 18.2. The SMILES string of the molecule is COC(c1ccc2c(c1)CN(C(=O)CCc1cnccn1)CCO2)C1CCCCC1. The van der Waals surface area contributed by atoms with Crippen molar-refractivity contribution in [3.63, 3.8) is 0 Å². The Labute approximate surface area is 178 Å². The van der Waals surface area contributed by atoms with Crippen LogP contribution in [0.5, 0.6) is 5.75 Å². The van der Waals surface area contributed by atoms with Crippen molar-refractivity contribution in [3.05, 3.63) is 53.6 Å². The molecule has 0 N–H and O–H groups in total. The van der Waals surface area contributed by atoms with Crippen molar-refractivity contribution < 1.29 is 14.3 Å². The van der Waals surface area contributed by atoms with Crippen LogP contribution in [0.2, 0.25) is 0 Å². The van der Waals surface area contributed by atoms with E-state index >= 15 is 0 Å². The average molecular weight is 410 g/mol. The lowest BCUT2D eigenvalue weighted by atomic mass is 9.82. The van der Waals surface area contributed by atoms with Gasteiger partial charge < -0.3 is 14.4 Å². The van der Waals surface area contributed by atoms with Gasteiger partial charge in [0.25, 0.3) is 0 Å². The van der Waals surface area contributed by atoms with Crippen LogP contribution in [0.3, 0.4) is 0 Å². The fourth-order valence-electron chi connectivity index (χ4n) is 4.69. The maximum absolute atomic E-state index is 12.9. The molecular formula is C24H31N3O3. The van der Waals surface area contributed by atoms with Gasteiger partial charge >= 0.3 is 0 Å². The van der Waals surface area contributed by atoms with Gasteiger partial charge in [-0.25, -0.2) is 0 Å². The number of rotatable bonds is 6. The number of benzene rings is 1. The molecule has 6 nitrogen and oxygen atoms in total. The molecule has 1 aliphatic heterocycles. The second-order valence-electron chi connectivity index (χ2n) is 8.28. The van der Waals surface area contributed by atoms with Crippen LogP contribution in [0.1, 0.15) is 61.4 Å². The minimum Gasteiger partial charge on any atom is -0.491 e. The first-order valence-corrected chi connectivity index (χ1v) is 11.1. The highest BCUT2D eigenvalue weighted by Crippen LogP contribution is 2.38. The third kappa shape index (κ3) is 4.98. The molecule has 2 heterocycles. The van der Waals surface area contributed by atoms with Crippen molar-refractivity contribution in [2.24, 2.45) is 5.92 Å². The standard InChI is InChI=1S/C24H31N3O3/c1-29-24(18-5-3-2-4-6-18)19-7-9-22-20(15-19)17-27(13-14-30-22)23(28)10-8-21-16-25-11-12-26-21/h7,9,11-12,15-16,18,24H,2-6,8,10,13-14,17H2,1H3. The lowest BCUT2D eigenvalue weighted by Crippen LogP contribution is -2.32. The number of amides is 1. The van der Waals surface area contributed by atoms with E-state index in [1.54, 1.807) is 18.6 Å². The molecule has 1 aromatic carbocycles. The summed E-state index contributed by atoms with van der Waals surface area (Å²) in [6.45, 7) is 1.68. The molecule has 1 aromatic heterocycles. The van der Waals surface area contributed by atoms with Crippen LogP contribution in [-0.2, 0) is 22.5 Å². The smallest absolute Gasteiger partial charge is 0.223 e. The second kappa shape index (κ2) is 10.0. The van der Waals surface area contributed by atoms with Gasteiger partial charge in [0.15, 0.2) is 0 Å². The van der Waals surface area contributed by atoms with Crippen molar-refractivity contribution in [3.8, 4) is 5.75 Å². The van der Waals surface area contributed by atoms with Gasteiger partial charge in [-0.3, -0.25) is 14.8 Å². The first-order valence-electron chi connectivity index (χ1n) is 11.1. The Kier molecular flexibility index (Phi) is 6.95. The highest BCUT2D eigenvalue weighted by atomic mass is 16.5. The van der Waals surface area contributed by atoms with E-state index in [2.05, 4.69) is 22.1 Å². The van der Waals surface area contributed by atoms with Crippen LogP contribution in [0.25, 0.3) is 0 Å². The van der Waals surface area contributed by atoms with Crippen LogP contribution >= 0.6 is 0 Å². The van der Waals surface area contributed by atoms with Gasteiger partial charge in [-0.05, 0) is 42.9 Å². The van der Waals surface area contributed by atoms with Crippen molar-refractivity contribution in [1.29, 1.82) is 0 Å². The monoisotopic (exact) mass is 409 g/mol. The van der Waals surface area contributed by atoms with Crippen molar-refractivity contribution in [1.82, 2.24) is 14.9 Å². The molecule has 1 aliphatic carbocycles. The zero-order chi connectivity index (χ0) is 20.8. The maximum Gasteiger partial charge on any atom is 0.223 e. The van der Waals surface area contributed by atoms with E-state index in [0.29, 0.717) is 38.5 Å². The molecule has 160 valence electrons. The Morgan fingerprint density at radius 2 is 2.13 bits per heavy atom. The van der Waals surface area contributed by atoms with Gasteiger partial charge in [-0.2, -0.15) is 0 Å². The van der Waals surface area contributed by atoms with Gasteiger partial charge in [-0.15, -0.1) is 0 Å². The number of aromatic nitrogens is 2. The number of methoxy groups -OCH3 is 1. The van der Waals surface area contributed by atoms with E-state index < -0.39 is 0 Å². The van der Waals surface area contributed by atoms with Crippen LogP contribution in [0, 0.1) is 5.92 Å². The fraction of sp³-hybridized carbons (Fsp3) is 0.542. The summed E-state index contributed by atoms with van der Waals surface area (Å²) in [5, 5.41) is 0. The molecule has 1 amide bonds. The van der Waals surface area contributed by atoms with Crippen molar-refractivity contribution >= 4 is 5.91 Å². The molecule has 4 rings (SSSR count). The molecule has 30 heavy (non-hydrogen) atoms. The summed E-state index contributed by atoms with van der Waals surface area (Å²) in [5.41, 5.74) is 3.10. The summed E-state index contributed by atoms with van der Waals surface area (Å²) in [7, 11) is 1.81. The minimum absolute atomic E-state index is 0.111. The van der Waals surface area contributed by atoms with Gasteiger partial charge in [0.1, 0.15) is 12.4 Å². The Balaban J connectivity index is 1.46. The Morgan fingerprint density at radius 1 is 1.27 bits per heavy atom. The van der Waals surface area contributed by atoms with E-state index in [-0.39, 0.29) is 12.0 Å². The quantitative estimate of drug-likeness (QED) is 0.719. The van der Waals surface area contributed by atoms with Crippen molar-refractivity contribution in [2.45, 2.75) is 57.6 Å². The molecule has 2 aromatic rings. The molecule has 1 unspecified atom stereocenters. The molecule has 1 fully saturated rings. The molecule has 6 heteroatoms. The summed E-state index contributed by atoms with van der Waals surface area (Å²) >= 11 is 0. The molecule has 0 bridgehead atoms. The molecule has 0 radical (unpaired) electrons. The van der Waals surface area contributed by atoms with E-state index in [9.17, 15) is 4.79 Å². The second-order valence-corrected chi connectivity index (χ2v) is 8.28. The molecule has 1 saturated carbocycles. The van der Waals surface area contributed by atoms with E-state index in [1.807, 2.05) is 18.1 Å². The molecule has 0 saturated heterocycles. The molecule has 1 atom stereocenters. The van der Waals surface area contributed by atoms with Crippen LogP contribution in [-0.4, -0.2) is 41.0 Å². The minimum atomic E-state index is 0.111. The number of carbonyl (C=O) groups is 1. The predicted octanol–water partition coefficient (Wildman–Crippen LogP) is 4.10. The third-order valence-electron chi connectivity index (χ3n) is 6.29. The number of aryl methyl sites for hydroxylation is 1. The predicted molar refractivity (Wildman–Crippen MR) is 114 cm³/mol. The number of hydrogen-bond donors (Lipinski definition) is 0. The van der Waals surface area contributed by atoms with Crippen LogP contribution in [0.15, 0.2) is 36.8 Å². The van der Waals surface area contributed by atoms with Gasteiger partial charge in [0, 0.05) is 44.2 Å². The van der Waals surface area contributed by atoms with Crippen LogP contribution in [0.4, 0.5) is 0 Å². The number of fused-ring (bicyclic) bond motifs is 1. The number of ether oxygens (including phenoxy) is 2. The summed E-state index contributed by atoms with van der Waals surface area (Å²) in [6.07, 6.45) is 12.5. The number of nitrogens with zero attached hydrogens (tertiary/aromatic N) is 3. The molecule has 0 spiro atoms. The zero-order valence-electron chi connectivity index (χ0n) is 17.8. The summed E-state index contributed by atoms with van der Waals surface area (Å²) in [5.74, 6) is 1.57. The first kappa shape index (κ1) is 20.8. The number of carbonyl (C=O) groups excluding carboxylic acids is 1. The zero-order valence-corrected chi connectivity index (χ0v) is 17.8. The largest absolute Gasteiger partial charge is 0.491 e. The Hall–Kier alpha value is -2.47. The summed E-state index contributed by atoms with van der Waals surface area (Å²) < 4.78 is 11.9.